The van der Waals surface area contributed by atoms with Crippen molar-refractivity contribution in [1.82, 2.24) is 15.2 Å². The summed E-state index contributed by atoms with van der Waals surface area (Å²) in [7, 11) is 0. The fourth-order valence-electron chi connectivity index (χ4n) is 2.48. The molecule has 23 heavy (non-hydrogen) atoms. The highest BCUT2D eigenvalue weighted by molar-refractivity contribution is 7.13. The van der Waals surface area contributed by atoms with Crippen LogP contribution in [0.2, 0.25) is 0 Å². The molecule has 6 heteroatoms. The molecule has 1 aromatic heterocycles. The minimum Gasteiger partial charge on any atom is -0.395 e. The second kappa shape index (κ2) is 7.57. The minimum absolute atomic E-state index is 0.0104. The minimum atomic E-state index is -0.0833. The molecule has 1 fully saturated rings. The first-order chi connectivity index (χ1) is 11.3. The summed E-state index contributed by atoms with van der Waals surface area (Å²) in [4.78, 5) is 18.5. The number of hydrogen-bond acceptors (Lipinski definition) is 4. The van der Waals surface area contributed by atoms with Crippen LogP contribution in [0.25, 0.3) is 10.6 Å². The molecule has 0 saturated heterocycles. The number of carbonyl (C=O) groups is 1. The third kappa shape index (κ3) is 4.30. The molecular formula is C17H21N3O2S. The SMILES string of the molecule is O=C(NCCc1csc(-c2ccccc2)n1)N(CCO)C1CC1. The van der Waals surface area contributed by atoms with Gasteiger partial charge in [0.15, 0.2) is 0 Å². The Kier molecular flexibility index (Phi) is 5.25. The fourth-order valence-corrected chi connectivity index (χ4v) is 3.34. The number of nitrogens with one attached hydrogen (secondary N) is 1. The summed E-state index contributed by atoms with van der Waals surface area (Å²) in [6.45, 7) is 0.979. The Bertz CT molecular complexity index is 640. The van der Waals surface area contributed by atoms with Gasteiger partial charge in [0.2, 0.25) is 0 Å². The Hall–Kier alpha value is -1.92. The van der Waals surface area contributed by atoms with Gasteiger partial charge in [-0.1, -0.05) is 30.3 Å². The molecule has 2 N–H and O–H groups in total. The van der Waals surface area contributed by atoms with E-state index in [0.29, 0.717) is 25.6 Å². The maximum Gasteiger partial charge on any atom is 0.317 e. The number of benzene rings is 1. The van der Waals surface area contributed by atoms with Crippen LogP contribution in [0.15, 0.2) is 35.7 Å². The highest BCUT2D eigenvalue weighted by Crippen LogP contribution is 2.26. The summed E-state index contributed by atoms with van der Waals surface area (Å²) in [5.74, 6) is 0. The first-order valence-corrected chi connectivity index (χ1v) is 8.81. The van der Waals surface area contributed by atoms with Gasteiger partial charge in [0.25, 0.3) is 0 Å². The zero-order valence-electron chi connectivity index (χ0n) is 12.9. The van der Waals surface area contributed by atoms with E-state index in [2.05, 4.69) is 10.3 Å². The first-order valence-electron chi connectivity index (χ1n) is 7.93. The van der Waals surface area contributed by atoms with Crippen LogP contribution in [0.4, 0.5) is 4.79 Å². The molecule has 0 bridgehead atoms. The number of aromatic nitrogens is 1. The van der Waals surface area contributed by atoms with Gasteiger partial charge in [0.05, 0.1) is 12.3 Å². The molecule has 1 aliphatic rings. The van der Waals surface area contributed by atoms with Gasteiger partial charge in [0.1, 0.15) is 5.01 Å². The summed E-state index contributed by atoms with van der Waals surface area (Å²) in [5.41, 5.74) is 2.12. The summed E-state index contributed by atoms with van der Waals surface area (Å²) < 4.78 is 0. The monoisotopic (exact) mass is 331 g/mol. The lowest BCUT2D eigenvalue weighted by molar-refractivity contribution is 0.174. The van der Waals surface area contributed by atoms with E-state index >= 15 is 0 Å². The zero-order chi connectivity index (χ0) is 16.1. The molecule has 0 radical (unpaired) electrons. The normalized spacial score (nSPS) is 13.8. The maximum atomic E-state index is 12.1. The van der Waals surface area contributed by atoms with E-state index in [0.717, 1.165) is 29.1 Å². The van der Waals surface area contributed by atoms with Crippen LogP contribution in [0.5, 0.6) is 0 Å². The number of aliphatic hydroxyl groups excluding tert-OH is 1. The molecule has 0 aliphatic heterocycles. The smallest absolute Gasteiger partial charge is 0.317 e. The van der Waals surface area contributed by atoms with Crippen molar-refractivity contribution in [3.63, 3.8) is 0 Å². The second-order valence-electron chi connectivity index (χ2n) is 5.64. The number of hydrogen-bond donors (Lipinski definition) is 2. The second-order valence-corrected chi connectivity index (χ2v) is 6.50. The molecule has 0 atom stereocenters. The Balaban J connectivity index is 1.49. The average molecular weight is 331 g/mol. The van der Waals surface area contributed by atoms with Crippen molar-refractivity contribution in [3.8, 4) is 10.6 Å². The van der Waals surface area contributed by atoms with Crippen LogP contribution < -0.4 is 5.32 Å². The van der Waals surface area contributed by atoms with Crippen LogP contribution in [-0.4, -0.2) is 46.8 Å². The lowest BCUT2D eigenvalue weighted by atomic mass is 10.2. The van der Waals surface area contributed by atoms with Crippen molar-refractivity contribution in [2.24, 2.45) is 0 Å². The van der Waals surface area contributed by atoms with E-state index in [1.54, 1.807) is 16.2 Å². The molecule has 1 aliphatic carbocycles. The number of carbonyl (C=O) groups excluding carboxylic acids is 1. The van der Waals surface area contributed by atoms with Crippen LogP contribution >= 0.6 is 11.3 Å². The van der Waals surface area contributed by atoms with Gasteiger partial charge in [-0.3, -0.25) is 0 Å². The largest absolute Gasteiger partial charge is 0.395 e. The zero-order valence-corrected chi connectivity index (χ0v) is 13.8. The van der Waals surface area contributed by atoms with Crippen LogP contribution in [-0.2, 0) is 6.42 Å². The quantitative estimate of drug-likeness (QED) is 0.819. The van der Waals surface area contributed by atoms with Crippen molar-refractivity contribution in [2.75, 3.05) is 19.7 Å². The first kappa shape index (κ1) is 16.0. The van der Waals surface area contributed by atoms with Gasteiger partial charge < -0.3 is 15.3 Å². The topological polar surface area (TPSA) is 65.5 Å². The van der Waals surface area contributed by atoms with Gasteiger partial charge in [-0.2, -0.15) is 0 Å². The van der Waals surface area contributed by atoms with E-state index in [-0.39, 0.29) is 12.6 Å². The Morgan fingerprint density at radius 3 is 2.83 bits per heavy atom. The van der Waals surface area contributed by atoms with Gasteiger partial charge in [-0.25, -0.2) is 9.78 Å². The molecule has 3 rings (SSSR count). The summed E-state index contributed by atoms with van der Waals surface area (Å²) in [6.07, 6.45) is 2.80. The standard InChI is InChI=1S/C17H21N3O2S/c21-11-10-20(15-6-7-15)17(22)18-9-8-14-12-23-16(19-14)13-4-2-1-3-5-13/h1-5,12,15,21H,6-11H2,(H,18,22). The molecule has 1 aromatic carbocycles. The van der Waals surface area contributed by atoms with Gasteiger partial charge >= 0.3 is 6.03 Å². The molecule has 2 amide bonds. The highest BCUT2D eigenvalue weighted by Gasteiger charge is 2.31. The Morgan fingerprint density at radius 1 is 1.35 bits per heavy atom. The van der Waals surface area contributed by atoms with E-state index in [1.807, 2.05) is 35.7 Å². The van der Waals surface area contributed by atoms with Crippen LogP contribution in [0, 0.1) is 0 Å². The van der Waals surface area contributed by atoms with Crippen LogP contribution in [0.3, 0.4) is 0 Å². The molecule has 1 heterocycles. The third-order valence-electron chi connectivity index (χ3n) is 3.82. The summed E-state index contributed by atoms with van der Waals surface area (Å²) >= 11 is 1.62. The molecular weight excluding hydrogens is 310 g/mol. The number of rotatable bonds is 7. The number of urea groups is 1. The predicted octanol–water partition coefficient (Wildman–Crippen LogP) is 2.52. The lowest BCUT2D eigenvalue weighted by Gasteiger charge is -2.21. The van der Waals surface area contributed by atoms with Gasteiger partial charge in [-0.15, -0.1) is 11.3 Å². The summed E-state index contributed by atoms with van der Waals surface area (Å²) in [5, 5.41) is 15.0. The van der Waals surface area contributed by atoms with Gasteiger partial charge in [-0.05, 0) is 12.8 Å². The lowest BCUT2D eigenvalue weighted by Crippen LogP contribution is -2.43. The van der Waals surface area contributed by atoms with E-state index in [9.17, 15) is 4.79 Å². The highest BCUT2D eigenvalue weighted by atomic mass is 32.1. The molecule has 0 spiro atoms. The van der Waals surface area contributed by atoms with E-state index in [4.69, 9.17) is 5.11 Å². The number of amides is 2. The van der Waals surface area contributed by atoms with Crippen molar-refractivity contribution >= 4 is 17.4 Å². The number of thiazole rings is 1. The Labute approximate surface area is 140 Å². The third-order valence-corrected chi connectivity index (χ3v) is 4.76. The fraction of sp³-hybridized carbons (Fsp3) is 0.412. The molecule has 0 unspecified atom stereocenters. The van der Waals surface area contributed by atoms with Crippen molar-refractivity contribution in [1.29, 1.82) is 0 Å². The maximum absolute atomic E-state index is 12.1. The molecule has 2 aromatic rings. The number of aliphatic hydroxyl groups is 1. The number of nitrogens with zero attached hydrogens (tertiary/aromatic N) is 2. The Morgan fingerprint density at radius 2 is 2.13 bits per heavy atom. The van der Waals surface area contributed by atoms with Crippen molar-refractivity contribution < 1.29 is 9.90 Å². The molecule has 1 saturated carbocycles. The molecule has 122 valence electrons. The van der Waals surface area contributed by atoms with Crippen molar-refractivity contribution in [3.05, 3.63) is 41.4 Å². The molecule has 5 nitrogen and oxygen atoms in total. The average Bonchev–Trinajstić information content (AvgIpc) is 3.31. The predicted molar refractivity (Wildman–Crippen MR) is 91.5 cm³/mol. The van der Waals surface area contributed by atoms with Crippen molar-refractivity contribution in [2.45, 2.75) is 25.3 Å². The van der Waals surface area contributed by atoms with E-state index in [1.165, 1.54) is 0 Å². The van der Waals surface area contributed by atoms with Crippen LogP contribution in [0.1, 0.15) is 18.5 Å². The summed E-state index contributed by atoms with van der Waals surface area (Å²) in [6, 6.07) is 10.3. The van der Waals surface area contributed by atoms with Gasteiger partial charge in [0, 0.05) is 36.5 Å². The van der Waals surface area contributed by atoms with E-state index < -0.39 is 0 Å².